The predicted octanol–water partition coefficient (Wildman–Crippen LogP) is 3.03. The highest BCUT2D eigenvalue weighted by atomic mass is 16.6. The molecule has 8 heteroatoms. The van der Waals surface area contributed by atoms with E-state index in [0.717, 1.165) is 0 Å². The summed E-state index contributed by atoms with van der Waals surface area (Å²) < 4.78 is 15.4. The van der Waals surface area contributed by atoms with Gasteiger partial charge in [-0.2, -0.15) is 0 Å². The summed E-state index contributed by atoms with van der Waals surface area (Å²) in [5.74, 6) is -0.578. The van der Waals surface area contributed by atoms with Gasteiger partial charge >= 0.3 is 18.2 Å². The first-order valence-corrected chi connectivity index (χ1v) is 8.56. The van der Waals surface area contributed by atoms with E-state index in [9.17, 15) is 14.4 Å². The van der Waals surface area contributed by atoms with E-state index in [-0.39, 0.29) is 12.5 Å². The maximum Gasteiger partial charge on any atom is 0.405 e. The molecule has 1 unspecified atom stereocenters. The van der Waals surface area contributed by atoms with Crippen LogP contribution < -0.4 is 11.5 Å². The summed E-state index contributed by atoms with van der Waals surface area (Å²) in [6.45, 7) is 12.3. The van der Waals surface area contributed by atoms with Crippen LogP contribution in [-0.4, -0.2) is 36.0 Å². The molecule has 150 valence electrons. The van der Waals surface area contributed by atoms with Crippen molar-refractivity contribution in [1.29, 1.82) is 0 Å². The van der Waals surface area contributed by atoms with E-state index in [2.05, 4.69) is 6.58 Å². The van der Waals surface area contributed by atoms with E-state index in [1.54, 1.807) is 34.6 Å². The Labute approximate surface area is 155 Å². The largest absolute Gasteiger partial charge is 0.462 e. The Hall–Kier alpha value is -2.25. The van der Waals surface area contributed by atoms with Gasteiger partial charge in [0.05, 0.1) is 6.61 Å². The van der Waals surface area contributed by atoms with Crippen LogP contribution in [0, 0.1) is 5.92 Å². The first kappa shape index (κ1) is 23.8. The number of amides is 2. The van der Waals surface area contributed by atoms with Crippen molar-refractivity contribution >= 4 is 18.2 Å². The number of nitrogens with two attached hydrogens (primary N) is 2. The van der Waals surface area contributed by atoms with Crippen LogP contribution in [0.3, 0.4) is 0 Å². The topological polar surface area (TPSA) is 131 Å². The lowest BCUT2D eigenvalue weighted by Crippen LogP contribution is -2.39. The average molecular weight is 372 g/mol. The van der Waals surface area contributed by atoms with Crippen LogP contribution in [0.5, 0.6) is 0 Å². The van der Waals surface area contributed by atoms with Gasteiger partial charge in [0.25, 0.3) is 0 Å². The summed E-state index contributed by atoms with van der Waals surface area (Å²) >= 11 is 0. The third-order valence-electron chi connectivity index (χ3n) is 4.10. The molecule has 0 aromatic carbocycles. The standard InChI is InChI=1S/C18H32N2O6/c1-12(2)14(21)24-11-9-13(18(5,6)26-16(20)23)8-7-10-17(3,4)25-15(19)22/h13H,1,7-11H2,2-6H3,(H2,19,22)(H2,20,23). The Bertz CT molecular complexity index is 528. The van der Waals surface area contributed by atoms with E-state index >= 15 is 0 Å². The van der Waals surface area contributed by atoms with Crippen LogP contribution in [0.4, 0.5) is 9.59 Å². The first-order chi connectivity index (χ1) is 11.8. The maximum atomic E-state index is 11.5. The summed E-state index contributed by atoms with van der Waals surface area (Å²) in [6, 6.07) is 0. The number of rotatable bonds is 11. The first-order valence-electron chi connectivity index (χ1n) is 8.56. The van der Waals surface area contributed by atoms with Gasteiger partial charge in [-0.3, -0.25) is 0 Å². The molecule has 0 aliphatic carbocycles. The SMILES string of the molecule is C=C(C)C(=O)OCCC(CCCC(C)(C)OC(N)=O)C(C)(C)OC(N)=O. The molecule has 0 fully saturated rings. The van der Waals surface area contributed by atoms with Gasteiger partial charge in [-0.05, 0) is 60.3 Å². The average Bonchev–Trinajstić information content (AvgIpc) is 2.42. The molecule has 26 heavy (non-hydrogen) atoms. The predicted molar refractivity (Wildman–Crippen MR) is 97.2 cm³/mol. The van der Waals surface area contributed by atoms with Gasteiger partial charge in [0.1, 0.15) is 11.2 Å². The molecular formula is C18H32N2O6. The molecule has 0 saturated carbocycles. The minimum Gasteiger partial charge on any atom is -0.462 e. The summed E-state index contributed by atoms with van der Waals surface area (Å²) in [5, 5.41) is 0. The van der Waals surface area contributed by atoms with Gasteiger partial charge in [0.2, 0.25) is 0 Å². The van der Waals surface area contributed by atoms with Crippen LogP contribution in [0.1, 0.15) is 60.3 Å². The highest BCUT2D eigenvalue weighted by Crippen LogP contribution is 2.31. The molecule has 4 N–H and O–H groups in total. The number of primary amides is 2. The molecule has 0 aromatic rings. The van der Waals surface area contributed by atoms with E-state index in [0.29, 0.717) is 31.3 Å². The molecule has 8 nitrogen and oxygen atoms in total. The normalized spacial score (nSPS) is 12.8. The van der Waals surface area contributed by atoms with Crippen molar-refractivity contribution in [1.82, 2.24) is 0 Å². The number of hydrogen-bond donors (Lipinski definition) is 2. The fourth-order valence-electron chi connectivity index (χ4n) is 2.70. The quantitative estimate of drug-likeness (QED) is 0.325. The molecule has 2 amide bonds. The smallest absolute Gasteiger partial charge is 0.405 e. The van der Waals surface area contributed by atoms with Crippen LogP contribution in [0.2, 0.25) is 0 Å². The zero-order valence-electron chi connectivity index (χ0n) is 16.4. The molecule has 0 saturated heterocycles. The fourth-order valence-corrected chi connectivity index (χ4v) is 2.70. The minimum atomic E-state index is -0.865. The van der Waals surface area contributed by atoms with Crippen molar-refractivity contribution in [3.8, 4) is 0 Å². The summed E-state index contributed by atoms with van der Waals surface area (Å²) in [5.41, 5.74) is 9.01. The van der Waals surface area contributed by atoms with Crippen molar-refractivity contribution in [3.05, 3.63) is 12.2 Å². The van der Waals surface area contributed by atoms with Gasteiger partial charge in [-0.1, -0.05) is 6.58 Å². The van der Waals surface area contributed by atoms with Crippen molar-refractivity contribution < 1.29 is 28.6 Å². The second-order valence-electron chi connectivity index (χ2n) is 7.50. The van der Waals surface area contributed by atoms with Crippen LogP contribution in [0.25, 0.3) is 0 Å². The lowest BCUT2D eigenvalue weighted by Gasteiger charge is -2.34. The lowest BCUT2D eigenvalue weighted by molar-refractivity contribution is -0.140. The van der Waals surface area contributed by atoms with Crippen LogP contribution in [0.15, 0.2) is 12.2 Å². The van der Waals surface area contributed by atoms with Gasteiger partial charge in [0, 0.05) is 11.5 Å². The van der Waals surface area contributed by atoms with Crippen LogP contribution in [-0.2, 0) is 19.0 Å². The summed E-state index contributed by atoms with van der Waals surface area (Å²) in [6.07, 6.45) is 0.703. The number of esters is 1. The van der Waals surface area contributed by atoms with E-state index in [4.69, 9.17) is 25.7 Å². The maximum absolute atomic E-state index is 11.5. The zero-order valence-corrected chi connectivity index (χ0v) is 16.4. The molecule has 0 spiro atoms. The van der Waals surface area contributed by atoms with Crippen molar-refractivity contribution in [3.63, 3.8) is 0 Å². The van der Waals surface area contributed by atoms with Gasteiger partial charge in [-0.15, -0.1) is 0 Å². The van der Waals surface area contributed by atoms with Gasteiger partial charge in [0.15, 0.2) is 0 Å². The highest BCUT2D eigenvalue weighted by molar-refractivity contribution is 5.86. The fraction of sp³-hybridized carbons (Fsp3) is 0.722. The second-order valence-corrected chi connectivity index (χ2v) is 7.50. The Balaban J connectivity index is 4.82. The van der Waals surface area contributed by atoms with Crippen LogP contribution >= 0.6 is 0 Å². The highest BCUT2D eigenvalue weighted by Gasteiger charge is 2.33. The third kappa shape index (κ3) is 9.90. The second kappa shape index (κ2) is 10.0. The van der Waals surface area contributed by atoms with E-state index in [1.165, 1.54) is 0 Å². The Kier molecular flexibility index (Phi) is 9.17. The minimum absolute atomic E-state index is 0.114. The van der Waals surface area contributed by atoms with Gasteiger partial charge < -0.3 is 25.7 Å². The number of hydrogen-bond acceptors (Lipinski definition) is 6. The van der Waals surface area contributed by atoms with Crippen molar-refractivity contribution in [2.24, 2.45) is 17.4 Å². The molecule has 0 bridgehead atoms. The monoisotopic (exact) mass is 372 g/mol. The Morgan fingerprint density at radius 1 is 1.00 bits per heavy atom. The summed E-state index contributed by atoms with van der Waals surface area (Å²) in [7, 11) is 0. The Morgan fingerprint density at radius 3 is 2.00 bits per heavy atom. The number of carbonyl (C=O) groups excluding carboxylic acids is 3. The molecule has 0 radical (unpaired) electrons. The molecule has 0 heterocycles. The zero-order chi connectivity index (χ0) is 20.5. The molecule has 0 aliphatic heterocycles. The molecule has 0 aliphatic rings. The molecule has 0 rings (SSSR count). The van der Waals surface area contributed by atoms with Crippen molar-refractivity contribution in [2.45, 2.75) is 71.5 Å². The van der Waals surface area contributed by atoms with E-state index < -0.39 is 29.4 Å². The number of ether oxygens (including phenoxy) is 3. The Morgan fingerprint density at radius 2 is 1.54 bits per heavy atom. The lowest BCUT2D eigenvalue weighted by atomic mass is 9.83. The van der Waals surface area contributed by atoms with E-state index in [1.807, 2.05) is 0 Å². The summed E-state index contributed by atoms with van der Waals surface area (Å²) in [4.78, 5) is 33.6. The molecule has 1 atom stereocenters. The third-order valence-corrected chi connectivity index (χ3v) is 4.10. The van der Waals surface area contributed by atoms with Crippen molar-refractivity contribution in [2.75, 3.05) is 6.61 Å². The number of carbonyl (C=O) groups is 3. The molecule has 0 aromatic heterocycles. The van der Waals surface area contributed by atoms with Gasteiger partial charge in [-0.25, -0.2) is 14.4 Å². The molecular weight excluding hydrogens is 340 g/mol.